The number of rotatable bonds is 3. The molecule has 3 aromatic rings. The highest BCUT2D eigenvalue weighted by molar-refractivity contribution is 5.50. The second kappa shape index (κ2) is 6.07. The standard InChI is InChI=1S/C18H21N5O2/c1-10(2)17-19-18(25-21-17)16-14-9-24-15(8-23(14)22-20-16)13-6-5-11(3)7-12(13)4/h5-7,10,15H,8-9H2,1-4H3. The molecule has 1 aliphatic rings. The molecule has 0 aliphatic carbocycles. The van der Waals surface area contributed by atoms with Crippen molar-refractivity contribution in [2.75, 3.05) is 0 Å². The number of fused-ring (bicyclic) bond motifs is 1. The van der Waals surface area contributed by atoms with Gasteiger partial charge in [-0.2, -0.15) is 4.98 Å². The Morgan fingerprint density at radius 3 is 2.80 bits per heavy atom. The van der Waals surface area contributed by atoms with Gasteiger partial charge in [0.2, 0.25) is 0 Å². The van der Waals surface area contributed by atoms with E-state index in [0.717, 1.165) is 5.69 Å². The Morgan fingerprint density at radius 2 is 2.08 bits per heavy atom. The molecule has 0 bridgehead atoms. The molecule has 1 aliphatic heterocycles. The van der Waals surface area contributed by atoms with Gasteiger partial charge in [-0.15, -0.1) is 5.10 Å². The molecule has 2 aromatic heterocycles. The molecule has 0 saturated carbocycles. The molecule has 0 radical (unpaired) electrons. The van der Waals surface area contributed by atoms with Crippen LogP contribution in [0.4, 0.5) is 0 Å². The summed E-state index contributed by atoms with van der Waals surface area (Å²) in [5, 5.41) is 12.5. The van der Waals surface area contributed by atoms with Crippen molar-refractivity contribution in [1.29, 1.82) is 0 Å². The fraction of sp³-hybridized carbons (Fsp3) is 0.444. The number of hydrogen-bond acceptors (Lipinski definition) is 6. The summed E-state index contributed by atoms with van der Waals surface area (Å²) in [4.78, 5) is 4.41. The van der Waals surface area contributed by atoms with E-state index in [2.05, 4.69) is 52.5 Å². The van der Waals surface area contributed by atoms with Gasteiger partial charge in [0.1, 0.15) is 6.10 Å². The van der Waals surface area contributed by atoms with E-state index in [0.29, 0.717) is 30.6 Å². The number of aromatic nitrogens is 5. The minimum atomic E-state index is -0.0310. The van der Waals surface area contributed by atoms with Gasteiger partial charge in [0, 0.05) is 5.92 Å². The van der Waals surface area contributed by atoms with Crippen LogP contribution in [-0.4, -0.2) is 25.1 Å². The largest absolute Gasteiger partial charge is 0.365 e. The minimum Gasteiger partial charge on any atom is -0.365 e. The zero-order chi connectivity index (χ0) is 17.6. The van der Waals surface area contributed by atoms with E-state index in [1.165, 1.54) is 16.7 Å². The van der Waals surface area contributed by atoms with Gasteiger partial charge in [0.25, 0.3) is 5.89 Å². The molecular formula is C18H21N5O2. The van der Waals surface area contributed by atoms with Crippen LogP contribution >= 0.6 is 0 Å². The maximum Gasteiger partial charge on any atom is 0.280 e. The lowest BCUT2D eigenvalue weighted by Gasteiger charge is -2.25. The number of ether oxygens (including phenoxy) is 1. The highest BCUT2D eigenvalue weighted by atomic mass is 16.5. The third kappa shape index (κ3) is 2.84. The second-order valence-corrected chi connectivity index (χ2v) is 6.84. The SMILES string of the molecule is Cc1ccc(C2Cn3nnc(-c4nc(C(C)C)no4)c3CO2)c(C)c1. The van der Waals surface area contributed by atoms with Gasteiger partial charge in [0.15, 0.2) is 11.5 Å². The van der Waals surface area contributed by atoms with Gasteiger partial charge in [-0.1, -0.05) is 48.0 Å². The molecule has 0 amide bonds. The summed E-state index contributed by atoms with van der Waals surface area (Å²) in [5.41, 5.74) is 5.15. The number of aryl methyl sites for hydroxylation is 2. The number of nitrogens with zero attached hydrogens (tertiary/aromatic N) is 5. The van der Waals surface area contributed by atoms with Crippen molar-refractivity contribution >= 4 is 0 Å². The third-order valence-corrected chi connectivity index (χ3v) is 4.53. The quantitative estimate of drug-likeness (QED) is 0.728. The summed E-state index contributed by atoms with van der Waals surface area (Å²) >= 11 is 0. The Balaban J connectivity index is 1.62. The van der Waals surface area contributed by atoms with Crippen LogP contribution < -0.4 is 0 Å². The molecule has 1 atom stereocenters. The molecule has 1 unspecified atom stereocenters. The summed E-state index contributed by atoms with van der Waals surface area (Å²) in [6, 6.07) is 6.41. The topological polar surface area (TPSA) is 78.9 Å². The lowest BCUT2D eigenvalue weighted by molar-refractivity contribution is -0.00153. The van der Waals surface area contributed by atoms with E-state index in [4.69, 9.17) is 9.26 Å². The van der Waals surface area contributed by atoms with Crippen LogP contribution in [0.5, 0.6) is 0 Å². The van der Waals surface area contributed by atoms with Crippen molar-refractivity contribution in [2.45, 2.75) is 52.9 Å². The molecule has 7 heteroatoms. The van der Waals surface area contributed by atoms with Gasteiger partial charge in [-0.3, -0.25) is 0 Å². The maximum atomic E-state index is 6.10. The Morgan fingerprint density at radius 1 is 1.24 bits per heavy atom. The Kier molecular flexibility index (Phi) is 3.88. The van der Waals surface area contributed by atoms with E-state index in [9.17, 15) is 0 Å². The molecule has 4 rings (SSSR count). The Bertz CT molecular complexity index is 912. The summed E-state index contributed by atoms with van der Waals surface area (Å²) < 4.78 is 13.3. The Hall–Kier alpha value is -2.54. The summed E-state index contributed by atoms with van der Waals surface area (Å²) in [6.07, 6.45) is -0.0310. The van der Waals surface area contributed by atoms with E-state index in [-0.39, 0.29) is 12.0 Å². The van der Waals surface area contributed by atoms with Gasteiger partial charge < -0.3 is 9.26 Å². The molecule has 0 saturated heterocycles. The van der Waals surface area contributed by atoms with Crippen LogP contribution in [0.15, 0.2) is 22.7 Å². The van der Waals surface area contributed by atoms with Crippen molar-refractivity contribution in [1.82, 2.24) is 25.1 Å². The fourth-order valence-electron chi connectivity index (χ4n) is 3.12. The fourth-order valence-corrected chi connectivity index (χ4v) is 3.12. The molecule has 3 heterocycles. The number of benzene rings is 1. The van der Waals surface area contributed by atoms with E-state index < -0.39 is 0 Å². The smallest absolute Gasteiger partial charge is 0.280 e. The predicted molar refractivity (Wildman–Crippen MR) is 90.8 cm³/mol. The van der Waals surface area contributed by atoms with E-state index in [1.54, 1.807) is 0 Å². The molecule has 1 aromatic carbocycles. The van der Waals surface area contributed by atoms with Crippen LogP contribution in [0, 0.1) is 13.8 Å². The summed E-state index contributed by atoms with van der Waals surface area (Å²) in [6.45, 7) is 9.29. The minimum absolute atomic E-state index is 0.0310. The van der Waals surface area contributed by atoms with Crippen LogP contribution in [0.3, 0.4) is 0 Å². The first-order valence-electron chi connectivity index (χ1n) is 8.48. The lowest BCUT2D eigenvalue weighted by atomic mass is 10.0. The van der Waals surface area contributed by atoms with Crippen LogP contribution in [0.25, 0.3) is 11.6 Å². The molecule has 7 nitrogen and oxygen atoms in total. The molecule has 25 heavy (non-hydrogen) atoms. The third-order valence-electron chi connectivity index (χ3n) is 4.53. The highest BCUT2D eigenvalue weighted by Gasteiger charge is 2.28. The molecule has 0 fully saturated rings. The zero-order valence-corrected chi connectivity index (χ0v) is 14.9. The number of hydrogen-bond donors (Lipinski definition) is 0. The first-order chi connectivity index (χ1) is 12.0. The van der Waals surface area contributed by atoms with E-state index in [1.807, 2.05) is 18.5 Å². The lowest BCUT2D eigenvalue weighted by Crippen LogP contribution is -2.22. The van der Waals surface area contributed by atoms with Gasteiger partial charge in [-0.25, -0.2) is 4.68 Å². The van der Waals surface area contributed by atoms with Gasteiger partial charge >= 0.3 is 0 Å². The highest BCUT2D eigenvalue weighted by Crippen LogP contribution is 2.32. The monoisotopic (exact) mass is 339 g/mol. The summed E-state index contributed by atoms with van der Waals surface area (Å²) in [5.74, 6) is 1.27. The maximum absolute atomic E-state index is 6.10. The molecule has 130 valence electrons. The van der Waals surface area contributed by atoms with Crippen molar-refractivity contribution in [3.05, 3.63) is 46.4 Å². The van der Waals surface area contributed by atoms with Crippen molar-refractivity contribution in [3.8, 4) is 11.6 Å². The molecular weight excluding hydrogens is 318 g/mol. The van der Waals surface area contributed by atoms with Gasteiger partial charge in [0.05, 0.1) is 18.8 Å². The average Bonchev–Trinajstić information content (AvgIpc) is 3.20. The molecule has 0 spiro atoms. The first-order valence-corrected chi connectivity index (χ1v) is 8.48. The normalized spacial score (nSPS) is 17.1. The Labute approximate surface area is 146 Å². The van der Waals surface area contributed by atoms with Crippen molar-refractivity contribution in [3.63, 3.8) is 0 Å². The first kappa shape index (κ1) is 16.0. The van der Waals surface area contributed by atoms with Crippen molar-refractivity contribution < 1.29 is 9.26 Å². The van der Waals surface area contributed by atoms with Crippen molar-refractivity contribution in [2.24, 2.45) is 0 Å². The summed E-state index contributed by atoms with van der Waals surface area (Å²) in [7, 11) is 0. The van der Waals surface area contributed by atoms with E-state index >= 15 is 0 Å². The van der Waals surface area contributed by atoms with Crippen LogP contribution in [0.1, 0.15) is 54.1 Å². The zero-order valence-electron chi connectivity index (χ0n) is 14.9. The van der Waals surface area contributed by atoms with Gasteiger partial charge in [-0.05, 0) is 25.0 Å². The predicted octanol–water partition coefficient (Wildman–Crippen LogP) is 3.34. The average molecular weight is 339 g/mol. The second-order valence-electron chi connectivity index (χ2n) is 6.84. The van der Waals surface area contributed by atoms with Crippen LogP contribution in [-0.2, 0) is 17.9 Å². The van der Waals surface area contributed by atoms with Crippen LogP contribution in [0.2, 0.25) is 0 Å². The molecule has 0 N–H and O–H groups in total.